The van der Waals surface area contributed by atoms with Gasteiger partial charge in [-0.1, -0.05) is 6.07 Å². The molecule has 0 bridgehead atoms. The number of aromatic hydroxyl groups is 1. The molecule has 0 radical (unpaired) electrons. The second-order valence-electron chi connectivity index (χ2n) is 5.45. The van der Waals surface area contributed by atoms with Crippen LogP contribution in [0.25, 0.3) is 0 Å². The Morgan fingerprint density at radius 3 is 2.64 bits per heavy atom. The molecule has 0 saturated carbocycles. The summed E-state index contributed by atoms with van der Waals surface area (Å²) in [5.41, 5.74) is 0.960. The summed E-state index contributed by atoms with van der Waals surface area (Å²) in [4.78, 5) is 25.2. The number of aryl methyl sites for hydroxylation is 1. The minimum Gasteiger partial charge on any atom is -0.506 e. The van der Waals surface area contributed by atoms with Crippen LogP contribution in [0.4, 0.5) is 5.69 Å². The Morgan fingerprint density at radius 1 is 1.36 bits per heavy atom. The van der Waals surface area contributed by atoms with Gasteiger partial charge in [0.2, 0.25) is 0 Å². The topological polar surface area (TPSA) is 104 Å². The van der Waals surface area contributed by atoms with Crippen molar-refractivity contribution in [1.29, 1.82) is 0 Å². The maximum absolute atomic E-state index is 12.1. The van der Waals surface area contributed by atoms with Crippen LogP contribution in [0, 0.1) is 6.92 Å². The van der Waals surface area contributed by atoms with E-state index in [-0.39, 0.29) is 22.9 Å². The van der Waals surface area contributed by atoms with Crippen molar-refractivity contribution >= 4 is 27.3 Å². The lowest BCUT2D eigenvalue weighted by Crippen LogP contribution is -2.43. The first-order valence-corrected chi connectivity index (χ1v) is 8.60. The predicted molar refractivity (Wildman–Crippen MR) is 81.3 cm³/mol. The normalized spacial score (nSPS) is 19.6. The number of phenolic OH excluding ortho intramolecular Hbond substituents is 1. The molecule has 1 saturated heterocycles. The van der Waals surface area contributed by atoms with Crippen molar-refractivity contribution in [3.05, 3.63) is 23.8 Å². The van der Waals surface area contributed by atoms with Gasteiger partial charge < -0.3 is 15.3 Å². The van der Waals surface area contributed by atoms with Crippen molar-refractivity contribution < 1.29 is 23.1 Å². The Morgan fingerprint density at radius 2 is 2.05 bits per heavy atom. The first-order valence-electron chi connectivity index (χ1n) is 6.78. The van der Waals surface area contributed by atoms with E-state index in [0.717, 1.165) is 10.5 Å². The van der Waals surface area contributed by atoms with Gasteiger partial charge in [0.15, 0.2) is 9.84 Å². The standard InChI is InChI=1S/C14H18N2O5S/c1-9-3-4-12(17)11(7-9)15-13(18)14(19)16(2)10-5-6-22(20,21)8-10/h3-4,7,10,17H,5-6,8H2,1-2H3,(H,15,18). The molecule has 1 fully saturated rings. The molecule has 2 amide bonds. The molecule has 0 aromatic heterocycles. The SMILES string of the molecule is Cc1ccc(O)c(NC(=O)C(=O)N(C)C2CCS(=O)(=O)C2)c1. The predicted octanol–water partition coefficient (Wildman–Crippen LogP) is 0.285. The summed E-state index contributed by atoms with van der Waals surface area (Å²) >= 11 is 0. The number of likely N-dealkylation sites (N-methyl/N-ethyl adjacent to an activating group) is 1. The van der Waals surface area contributed by atoms with Gasteiger partial charge in [0.1, 0.15) is 5.75 Å². The van der Waals surface area contributed by atoms with Crippen molar-refractivity contribution in [3.8, 4) is 5.75 Å². The minimum absolute atomic E-state index is 0.0234. The van der Waals surface area contributed by atoms with Crippen LogP contribution < -0.4 is 5.32 Å². The van der Waals surface area contributed by atoms with E-state index in [4.69, 9.17) is 0 Å². The second kappa shape index (κ2) is 5.96. The molecule has 1 aromatic rings. The number of anilines is 1. The van der Waals surface area contributed by atoms with Crippen LogP contribution in [0.15, 0.2) is 18.2 Å². The minimum atomic E-state index is -3.14. The van der Waals surface area contributed by atoms with Crippen molar-refractivity contribution in [3.63, 3.8) is 0 Å². The van der Waals surface area contributed by atoms with Crippen LogP contribution in [0.2, 0.25) is 0 Å². The van der Waals surface area contributed by atoms with Gasteiger partial charge in [0.25, 0.3) is 0 Å². The zero-order chi connectivity index (χ0) is 16.5. The van der Waals surface area contributed by atoms with E-state index >= 15 is 0 Å². The van der Waals surface area contributed by atoms with Gasteiger partial charge in [0.05, 0.1) is 17.2 Å². The Balaban J connectivity index is 2.06. The van der Waals surface area contributed by atoms with Gasteiger partial charge in [-0.25, -0.2) is 8.42 Å². The fourth-order valence-electron chi connectivity index (χ4n) is 2.33. The molecule has 2 N–H and O–H groups in total. The number of carbonyl (C=O) groups is 2. The first kappa shape index (κ1) is 16.3. The second-order valence-corrected chi connectivity index (χ2v) is 7.68. The molecule has 1 heterocycles. The third kappa shape index (κ3) is 3.56. The number of carbonyl (C=O) groups excluding carboxylic acids is 2. The van der Waals surface area contributed by atoms with Crippen LogP contribution in [-0.4, -0.2) is 54.8 Å². The van der Waals surface area contributed by atoms with Crippen molar-refractivity contribution in [2.75, 3.05) is 23.9 Å². The lowest BCUT2D eigenvalue weighted by Gasteiger charge is -2.22. The van der Waals surface area contributed by atoms with Crippen LogP contribution in [-0.2, 0) is 19.4 Å². The van der Waals surface area contributed by atoms with Crippen LogP contribution in [0.3, 0.4) is 0 Å². The Hall–Kier alpha value is -2.09. The lowest BCUT2D eigenvalue weighted by atomic mass is 10.2. The number of nitrogens with one attached hydrogen (secondary N) is 1. The molecule has 7 nitrogen and oxygen atoms in total. The molecule has 0 spiro atoms. The van der Waals surface area contributed by atoms with Gasteiger partial charge in [-0.15, -0.1) is 0 Å². The fourth-order valence-corrected chi connectivity index (χ4v) is 4.11. The molecular weight excluding hydrogens is 308 g/mol. The molecule has 1 aromatic carbocycles. The molecule has 120 valence electrons. The smallest absolute Gasteiger partial charge is 0.314 e. The summed E-state index contributed by atoms with van der Waals surface area (Å²) in [7, 11) is -1.73. The maximum atomic E-state index is 12.1. The molecule has 0 aliphatic carbocycles. The molecule has 22 heavy (non-hydrogen) atoms. The quantitative estimate of drug-likeness (QED) is 0.600. The molecular formula is C14H18N2O5S. The number of amides is 2. The van der Waals surface area contributed by atoms with E-state index in [2.05, 4.69) is 5.32 Å². The zero-order valence-corrected chi connectivity index (χ0v) is 13.2. The zero-order valence-electron chi connectivity index (χ0n) is 12.4. The average molecular weight is 326 g/mol. The molecule has 1 unspecified atom stereocenters. The molecule has 1 aliphatic rings. The van der Waals surface area contributed by atoms with Gasteiger partial charge >= 0.3 is 11.8 Å². The van der Waals surface area contributed by atoms with Gasteiger partial charge in [0, 0.05) is 13.1 Å². The van der Waals surface area contributed by atoms with E-state index in [1.165, 1.54) is 13.1 Å². The summed E-state index contributed by atoms with van der Waals surface area (Å²) in [6, 6.07) is 4.14. The van der Waals surface area contributed by atoms with Crippen LogP contribution in [0.5, 0.6) is 5.75 Å². The number of hydrogen-bond donors (Lipinski definition) is 2. The highest BCUT2D eigenvalue weighted by molar-refractivity contribution is 7.91. The summed E-state index contributed by atoms with van der Waals surface area (Å²) in [5.74, 6) is -1.98. The van der Waals surface area contributed by atoms with Crippen LogP contribution in [0.1, 0.15) is 12.0 Å². The van der Waals surface area contributed by atoms with Crippen molar-refractivity contribution in [2.24, 2.45) is 0 Å². The third-order valence-electron chi connectivity index (χ3n) is 3.67. The Kier molecular flexibility index (Phi) is 4.41. The number of sulfone groups is 1. The van der Waals surface area contributed by atoms with E-state index in [9.17, 15) is 23.1 Å². The van der Waals surface area contributed by atoms with Crippen LogP contribution >= 0.6 is 0 Å². The highest BCUT2D eigenvalue weighted by Gasteiger charge is 2.34. The number of benzene rings is 1. The molecule has 1 aliphatic heterocycles. The molecule has 8 heteroatoms. The van der Waals surface area contributed by atoms with Gasteiger partial charge in [-0.2, -0.15) is 0 Å². The summed E-state index contributed by atoms with van der Waals surface area (Å²) in [6.07, 6.45) is 0.327. The van der Waals surface area contributed by atoms with E-state index in [1.807, 2.05) is 0 Å². The van der Waals surface area contributed by atoms with E-state index in [0.29, 0.717) is 6.42 Å². The highest BCUT2D eigenvalue weighted by atomic mass is 32.2. The number of phenols is 1. The summed E-state index contributed by atoms with van der Waals surface area (Å²) < 4.78 is 22.9. The van der Waals surface area contributed by atoms with E-state index < -0.39 is 27.7 Å². The maximum Gasteiger partial charge on any atom is 0.314 e. The average Bonchev–Trinajstić information content (AvgIpc) is 2.81. The third-order valence-corrected chi connectivity index (χ3v) is 5.42. The number of hydrogen-bond acceptors (Lipinski definition) is 5. The monoisotopic (exact) mass is 326 g/mol. The summed E-state index contributed by atoms with van der Waals surface area (Å²) in [5, 5.41) is 12.0. The Labute approximate surface area is 128 Å². The lowest BCUT2D eigenvalue weighted by molar-refractivity contribution is -0.143. The van der Waals surface area contributed by atoms with E-state index in [1.54, 1.807) is 19.1 Å². The molecule has 1 atom stereocenters. The van der Waals surface area contributed by atoms with Gasteiger partial charge in [-0.3, -0.25) is 9.59 Å². The first-order chi connectivity index (χ1) is 10.2. The van der Waals surface area contributed by atoms with Crippen molar-refractivity contribution in [2.45, 2.75) is 19.4 Å². The fraction of sp³-hybridized carbons (Fsp3) is 0.429. The highest BCUT2D eigenvalue weighted by Crippen LogP contribution is 2.24. The van der Waals surface area contributed by atoms with Gasteiger partial charge in [-0.05, 0) is 31.0 Å². The molecule has 2 rings (SSSR count). The number of nitrogens with zero attached hydrogens (tertiary/aromatic N) is 1. The largest absolute Gasteiger partial charge is 0.506 e. The Bertz CT molecular complexity index is 714. The van der Waals surface area contributed by atoms with Crippen molar-refractivity contribution in [1.82, 2.24) is 4.90 Å². The summed E-state index contributed by atoms with van der Waals surface area (Å²) in [6.45, 7) is 1.78. The number of rotatable bonds is 2.